The van der Waals surface area contributed by atoms with E-state index in [-0.39, 0.29) is 11.9 Å². The second kappa shape index (κ2) is 6.00. The van der Waals surface area contributed by atoms with Gasteiger partial charge in [-0.2, -0.15) is 4.98 Å². The second-order valence-corrected chi connectivity index (χ2v) is 6.48. The molecular formula is C18H20N4O3. The summed E-state index contributed by atoms with van der Waals surface area (Å²) in [5.41, 5.74) is 1.62. The van der Waals surface area contributed by atoms with Crippen molar-refractivity contribution >= 4 is 16.9 Å². The Labute approximate surface area is 145 Å². The number of hydrogen-bond acceptors (Lipinski definition) is 6. The molecule has 0 aliphatic carbocycles. The van der Waals surface area contributed by atoms with Crippen molar-refractivity contribution in [2.24, 2.45) is 0 Å². The number of hydrogen-bond donors (Lipinski definition) is 0. The lowest BCUT2D eigenvalue weighted by Crippen LogP contribution is -2.49. The number of carbonyl (C=O) groups is 1. The number of benzene rings is 1. The molecule has 7 heteroatoms. The van der Waals surface area contributed by atoms with Gasteiger partial charge in [0.1, 0.15) is 11.6 Å². The highest BCUT2D eigenvalue weighted by atomic mass is 16.5. The van der Waals surface area contributed by atoms with E-state index in [2.05, 4.69) is 15.0 Å². The van der Waals surface area contributed by atoms with Gasteiger partial charge in [0.05, 0.1) is 0 Å². The van der Waals surface area contributed by atoms with Crippen molar-refractivity contribution < 1.29 is 13.7 Å². The molecule has 0 saturated carbocycles. The summed E-state index contributed by atoms with van der Waals surface area (Å²) in [5.74, 6) is 1.45. The van der Waals surface area contributed by atoms with Gasteiger partial charge in [-0.05, 0) is 27.0 Å². The number of fused-ring (bicyclic) bond motifs is 1. The van der Waals surface area contributed by atoms with Gasteiger partial charge >= 0.3 is 0 Å². The van der Waals surface area contributed by atoms with Gasteiger partial charge in [0.2, 0.25) is 5.89 Å². The summed E-state index contributed by atoms with van der Waals surface area (Å²) in [6.45, 7) is 5.57. The van der Waals surface area contributed by atoms with E-state index >= 15 is 0 Å². The molecular weight excluding hydrogens is 320 g/mol. The molecule has 1 aliphatic heterocycles. The SMILES string of the molecule is Cc1noc([C@@H]2CN(C(=O)c3oc4ccccc4c3C)CCN2C)n1. The van der Waals surface area contributed by atoms with Crippen LogP contribution in [0.4, 0.5) is 0 Å². The predicted octanol–water partition coefficient (Wildman–Crippen LogP) is 2.56. The van der Waals surface area contributed by atoms with Crippen molar-refractivity contribution in [2.45, 2.75) is 19.9 Å². The molecule has 1 amide bonds. The van der Waals surface area contributed by atoms with Crippen molar-refractivity contribution in [1.82, 2.24) is 19.9 Å². The normalized spacial score (nSPS) is 18.8. The lowest BCUT2D eigenvalue weighted by Gasteiger charge is -2.37. The number of aryl methyl sites for hydroxylation is 2. The third kappa shape index (κ3) is 2.70. The number of amides is 1. The molecule has 3 aromatic rings. The highest BCUT2D eigenvalue weighted by molar-refractivity contribution is 5.99. The Hall–Kier alpha value is -2.67. The molecule has 0 bridgehead atoms. The molecule has 1 saturated heterocycles. The van der Waals surface area contributed by atoms with Gasteiger partial charge in [-0.3, -0.25) is 9.69 Å². The van der Waals surface area contributed by atoms with Crippen LogP contribution >= 0.6 is 0 Å². The van der Waals surface area contributed by atoms with E-state index in [1.54, 1.807) is 11.8 Å². The predicted molar refractivity (Wildman–Crippen MR) is 91.3 cm³/mol. The molecule has 0 unspecified atom stereocenters. The van der Waals surface area contributed by atoms with Crippen LogP contribution < -0.4 is 0 Å². The van der Waals surface area contributed by atoms with Crippen LogP contribution in [0.15, 0.2) is 33.2 Å². The highest BCUT2D eigenvalue weighted by Crippen LogP contribution is 2.28. The monoisotopic (exact) mass is 340 g/mol. The quantitative estimate of drug-likeness (QED) is 0.714. The van der Waals surface area contributed by atoms with Crippen LogP contribution in [0.2, 0.25) is 0 Å². The van der Waals surface area contributed by atoms with E-state index in [4.69, 9.17) is 8.94 Å². The Kier molecular flexibility index (Phi) is 3.80. The van der Waals surface area contributed by atoms with Crippen molar-refractivity contribution in [3.05, 3.63) is 47.3 Å². The lowest BCUT2D eigenvalue weighted by atomic mass is 10.1. The van der Waals surface area contributed by atoms with E-state index < -0.39 is 0 Å². The number of furan rings is 1. The first-order valence-electron chi connectivity index (χ1n) is 8.32. The molecule has 4 rings (SSSR count). The topological polar surface area (TPSA) is 75.6 Å². The minimum Gasteiger partial charge on any atom is -0.451 e. The van der Waals surface area contributed by atoms with Crippen molar-refractivity contribution in [3.8, 4) is 0 Å². The first-order valence-corrected chi connectivity index (χ1v) is 8.32. The van der Waals surface area contributed by atoms with Crippen LogP contribution in [-0.2, 0) is 0 Å². The van der Waals surface area contributed by atoms with E-state index in [1.165, 1.54) is 0 Å². The number of rotatable bonds is 2. The highest BCUT2D eigenvalue weighted by Gasteiger charge is 2.34. The molecule has 1 fully saturated rings. The summed E-state index contributed by atoms with van der Waals surface area (Å²) in [6, 6.07) is 7.60. The molecule has 130 valence electrons. The van der Waals surface area contributed by atoms with Crippen LogP contribution in [-0.4, -0.2) is 52.5 Å². The van der Waals surface area contributed by atoms with Gasteiger partial charge in [-0.25, -0.2) is 0 Å². The van der Waals surface area contributed by atoms with Crippen LogP contribution in [0.25, 0.3) is 11.0 Å². The van der Waals surface area contributed by atoms with E-state index in [9.17, 15) is 4.79 Å². The summed E-state index contributed by atoms with van der Waals surface area (Å²) in [5, 5.41) is 4.84. The molecule has 1 atom stereocenters. The van der Waals surface area contributed by atoms with Crippen LogP contribution in [0.5, 0.6) is 0 Å². The minimum atomic E-state index is -0.108. The smallest absolute Gasteiger partial charge is 0.289 e. The largest absolute Gasteiger partial charge is 0.451 e. The van der Waals surface area contributed by atoms with Crippen molar-refractivity contribution in [1.29, 1.82) is 0 Å². The Morgan fingerprint density at radius 3 is 2.76 bits per heavy atom. The number of carbonyl (C=O) groups excluding carboxylic acids is 1. The summed E-state index contributed by atoms with van der Waals surface area (Å²) in [4.78, 5) is 21.3. The summed E-state index contributed by atoms with van der Waals surface area (Å²) in [7, 11) is 2.00. The number of aromatic nitrogens is 2. The number of piperazine rings is 1. The zero-order valence-electron chi connectivity index (χ0n) is 14.5. The molecule has 1 aromatic carbocycles. The number of para-hydroxylation sites is 1. The number of likely N-dealkylation sites (N-methyl/N-ethyl adjacent to an activating group) is 1. The number of nitrogens with zero attached hydrogens (tertiary/aromatic N) is 4. The van der Waals surface area contributed by atoms with E-state index in [0.717, 1.165) is 23.1 Å². The second-order valence-electron chi connectivity index (χ2n) is 6.48. The maximum absolute atomic E-state index is 13.0. The zero-order chi connectivity index (χ0) is 17.6. The molecule has 0 N–H and O–H groups in total. The van der Waals surface area contributed by atoms with Gasteiger partial charge < -0.3 is 13.8 Å². The van der Waals surface area contributed by atoms with E-state index in [0.29, 0.717) is 30.6 Å². The van der Waals surface area contributed by atoms with Gasteiger partial charge in [-0.15, -0.1) is 0 Å². The van der Waals surface area contributed by atoms with Crippen LogP contribution in [0.1, 0.15) is 33.9 Å². The first kappa shape index (κ1) is 15.8. The molecule has 7 nitrogen and oxygen atoms in total. The van der Waals surface area contributed by atoms with Crippen molar-refractivity contribution in [2.75, 3.05) is 26.7 Å². The average molecular weight is 340 g/mol. The molecule has 2 aromatic heterocycles. The van der Waals surface area contributed by atoms with Gasteiger partial charge in [-0.1, -0.05) is 23.4 Å². The fourth-order valence-corrected chi connectivity index (χ4v) is 3.30. The third-order valence-corrected chi connectivity index (χ3v) is 4.80. The fraction of sp³-hybridized carbons (Fsp3) is 0.389. The summed E-state index contributed by atoms with van der Waals surface area (Å²) in [6.07, 6.45) is 0. The Morgan fingerprint density at radius 2 is 2.04 bits per heavy atom. The zero-order valence-corrected chi connectivity index (χ0v) is 14.5. The molecule has 25 heavy (non-hydrogen) atoms. The molecule has 0 radical (unpaired) electrons. The minimum absolute atomic E-state index is 0.0944. The van der Waals surface area contributed by atoms with Crippen molar-refractivity contribution in [3.63, 3.8) is 0 Å². The first-order chi connectivity index (χ1) is 12.0. The lowest BCUT2D eigenvalue weighted by molar-refractivity contribution is 0.0463. The molecule has 0 spiro atoms. The molecule has 1 aliphatic rings. The van der Waals surface area contributed by atoms with Gasteiger partial charge in [0.25, 0.3) is 5.91 Å². The maximum atomic E-state index is 13.0. The van der Waals surface area contributed by atoms with Crippen LogP contribution in [0, 0.1) is 13.8 Å². The fourth-order valence-electron chi connectivity index (χ4n) is 3.30. The van der Waals surface area contributed by atoms with E-state index in [1.807, 2.05) is 38.2 Å². The Morgan fingerprint density at radius 1 is 1.24 bits per heavy atom. The third-order valence-electron chi connectivity index (χ3n) is 4.80. The summed E-state index contributed by atoms with van der Waals surface area (Å²) < 4.78 is 11.1. The standard InChI is InChI=1S/C18H20N4O3/c1-11-13-6-4-5-7-15(13)24-16(11)18(23)22-9-8-21(3)14(10-22)17-19-12(2)20-25-17/h4-7,14H,8-10H2,1-3H3/t14-/m0/s1. The molecule has 3 heterocycles. The van der Waals surface area contributed by atoms with Crippen LogP contribution in [0.3, 0.4) is 0 Å². The Bertz CT molecular complexity index is 929. The average Bonchev–Trinajstić information content (AvgIpc) is 3.19. The Balaban J connectivity index is 1.62. The van der Waals surface area contributed by atoms with Gasteiger partial charge in [0.15, 0.2) is 11.6 Å². The summed E-state index contributed by atoms with van der Waals surface area (Å²) >= 11 is 0. The maximum Gasteiger partial charge on any atom is 0.289 e. The van der Waals surface area contributed by atoms with Gasteiger partial charge in [0, 0.05) is 30.6 Å².